The monoisotopic (exact) mass is 183 g/mol. The molecule has 0 aliphatic carbocycles. The van der Waals surface area contributed by atoms with Crippen molar-refractivity contribution in [3.8, 4) is 5.88 Å². The van der Waals surface area contributed by atoms with Crippen LogP contribution in [0.1, 0.15) is 0 Å². The van der Waals surface area contributed by atoms with Crippen molar-refractivity contribution >= 4 is 11.5 Å². The number of anilines is 2. The first-order chi connectivity index (χ1) is 6.27. The molecule has 5 heteroatoms. The van der Waals surface area contributed by atoms with E-state index >= 15 is 0 Å². The highest BCUT2D eigenvalue weighted by molar-refractivity contribution is 5.61. The summed E-state index contributed by atoms with van der Waals surface area (Å²) in [7, 11) is 1.54. The predicted octanol–water partition coefficient (Wildman–Crippen LogP) is 0.0766. The van der Waals surface area contributed by atoms with Gasteiger partial charge in [-0.25, -0.2) is 0 Å². The lowest BCUT2D eigenvalue weighted by Gasteiger charge is -2.07. The predicted molar refractivity (Wildman–Crippen MR) is 50.8 cm³/mol. The fourth-order valence-corrected chi connectivity index (χ4v) is 0.882. The average molecular weight is 183 g/mol. The van der Waals surface area contributed by atoms with Gasteiger partial charge in [-0.05, 0) is 6.07 Å². The second-order valence-corrected chi connectivity index (χ2v) is 2.44. The molecule has 0 atom stereocenters. The number of hydrogen-bond donors (Lipinski definition) is 3. The van der Waals surface area contributed by atoms with Gasteiger partial charge in [-0.1, -0.05) is 0 Å². The summed E-state index contributed by atoms with van der Waals surface area (Å²) in [5.74, 6) is 1.03. The van der Waals surface area contributed by atoms with Crippen molar-refractivity contribution < 1.29 is 9.84 Å². The number of aliphatic hydroxyl groups excluding tert-OH is 1. The maximum atomic E-state index is 8.58. The van der Waals surface area contributed by atoms with Crippen molar-refractivity contribution in [2.45, 2.75) is 0 Å². The van der Waals surface area contributed by atoms with Crippen molar-refractivity contribution in [2.75, 3.05) is 31.3 Å². The number of nitrogens with two attached hydrogens (primary N) is 1. The number of hydrogen-bond acceptors (Lipinski definition) is 5. The average Bonchev–Trinajstić information content (AvgIpc) is 2.17. The van der Waals surface area contributed by atoms with Crippen LogP contribution in [0.15, 0.2) is 12.1 Å². The van der Waals surface area contributed by atoms with Crippen molar-refractivity contribution in [2.24, 2.45) is 0 Å². The molecule has 72 valence electrons. The zero-order valence-electron chi connectivity index (χ0n) is 7.45. The van der Waals surface area contributed by atoms with Gasteiger partial charge in [0, 0.05) is 12.6 Å². The molecule has 0 aromatic carbocycles. The number of pyridine rings is 1. The third-order valence-electron chi connectivity index (χ3n) is 1.51. The SMILES string of the molecule is COc1ccc(N)c(NCCO)n1. The van der Waals surface area contributed by atoms with Gasteiger partial charge in [0.25, 0.3) is 0 Å². The number of nitrogen functional groups attached to an aromatic ring is 1. The Labute approximate surface area is 76.5 Å². The summed E-state index contributed by atoms with van der Waals surface area (Å²) in [6, 6.07) is 3.38. The van der Waals surface area contributed by atoms with Crippen LogP contribution in [0.3, 0.4) is 0 Å². The molecule has 5 nitrogen and oxygen atoms in total. The molecule has 0 radical (unpaired) electrons. The summed E-state index contributed by atoms with van der Waals surface area (Å²) in [6.45, 7) is 0.461. The van der Waals surface area contributed by atoms with Crippen LogP contribution in [-0.4, -0.2) is 30.4 Å². The molecule has 4 N–H and O–H groups in total. The lowest BCUT2D eigenvalue weighted by molar-refractivity contribution is 0.311. The van der Waals surface area contributed by atoms with Gasteiger partial charge in [0.05, 0.1) is 19.4 Å². The molecule has 0 bridgehead atoms. The highest BCUT2D eigenvalue weighted by Crippen LogP contribution is 2.18. The topological polar surface area (TPSA) is 80.4 Å². The number of aromatic nitrogens is 1. The molecule has 0 saturated heterocycles. The summed E-state index contributed by atoms with van der Waals surface area (Å²) >= 11 is 0. The summed E-state index contributed by atoms with van der Waals surface area (Å²) in [6.07, 6.45) is 0. The Balaban J connectivity index is 2.78. The Bertz CT molecular complexity index is 278. The van der Waals surface area contributed by atoms with E-state index in [-0.39, 0.29) is 6.61 Å². The molecule has 0 aliphatic rings. The van der Waals surface area contributed by atoms with E-state index in [1.165, 1.54) is 7.11 Å². The maximum absolute atomic E-state index is 8.58. The number of rotatable bonds is 4. The van der Waals surface area contributed by atoms with E-state index in [9.17, 15) is 0 Å². The first kappa shape index (κ1) is 9.60. The maximum Gasteiger partial charge on any atom is 0.215 e. The summed E-state index contributed by atoms with van der Waals surface area (Å²) in [5.41, 5.74) is 6.16. The zero-order valence-corrected chi connectivity index (χ0v) is 7.45. The number of methoxy groups -OCH3 is 1. The van der Waals surface area contributed by atoms with Crippen LogP contribution in [0.25, 0.3) is 0 Å². The highest BCUT2D eigenvalue weighted by Gasteiger charge is 2.01. The van der Waals surface area contributed by atoms with Crippen LogP contribution in [0.4, 0.5) is 11.5 Å². The quantitative estimate of drug-likeness (QED) is 0.615. The lowest BCUT2D eigenvalue weighted by Crippen LogP contribution is -2.09. The van der Waals surface area contributed by atoms with Crippen LogP contribution in [0.2, 0.25) is 0 Å². The van der Waals surface area contributed by atoms with Gasteiger partial charge < -0.3 is 20.9 Å². The van der Waals surface area contributed by atoms with Crippen LogP contribution >= 0.6 is 0 Å². The van der Waals surface area contributed by atoms with Gasteiger partial charge in [-0.15, -0.1) is 0 Å². The van der Waals surface area contributed by atoms with Crippen LogP contribution in [-0.2, 0) is 0 Å². The molecule has 1 aromatic rings. The molecule has 0 unspecified atom stereocenters. The summed E-state index contributed by atoms with van der Waals surface area (Å²) < 4.78 is 4.92. The Morgan fingerprint density at radius 3 is 3.00 bits per heavy atom. The first-order valence-corrected chi connectivity index (χ1v) is 3.93. The van der Waals surface area contributed by atoms with Gasteiger partial charge in [-0.3, -0.25) is 0 Å². The van der Waals surface area contributed by atoms with Crippen molar-refractivity contribution in [3.63, 3.8) is 0 Å². The number of nitrogens with one attached hydrogen (secondary N) is 1. The normalized spacial score (nSPS) is 9.69. The smallest absolute Gasteiger partial charge is 0.215 e. The van der Waals surface area contributed by atoms with E-state index in [4.69, 9.17) is 15.6 Å². The molecule has 0 aliphatic heterocycles. The Morgan fingerprint density at radius 1 is 1.62 bits per heavy atom. The van der Waals surface area contributed by atoms with Crippen LogP contribution in [0.5, 0.6) is 5.88 Å². The van der Waals surface area contributed by atoms with Gasteiger partial charge >= 0.3 is 0 Å². The molecular formula is C8H13N3O2. The van der Waals surface area contributed by atoms with Crippen LogP contribution in [0, 0.1) is 0 Å². The molecule has 0 spiro atoms. The van der Waals surface area contributed by atoms with Gasteiger partial charge in [0.15, 0.2) is 5.82 Å². The molecule has 1 aromatic heterocycles. The highest BCUT2D eigenvalue weighted by atomic mass is 16.5. The first-order valence-electron chi connectivity index (χ1n) is 3.93. The fraction of sp³-hybridized carbons (Fsp3) is 0.375. The minimum atomic E-state index is 0.0400. The Morgan fingerprint density at radius 2 is 2.38 bits per heavy atom. The molecule has 0 amide bonds. The van der Waals surface area contributed by atoms with E-state index in [1.807, 2.05) is 0 Å². The van der Waals surface area contributed by atoms with E-state index < -0.39 is 0 Å². The number of ether oxygens (including phenoxy) is 1. The zero-order chi connectivity index (χ0) is 9.68. The molecule has 0 fully saturated rings. The van der Waals surface area contributed by atoms with E-state index in [0.29, 0.717) is 23.9 Å². The molecule has 13 heavy (non-hydrogen) atoms. The Kier molecular flexibility index (Phi) is 3.33. The third kappa shape index (κ3) is 2.48. The van der Waals surface area contributed by atoms with Gasteiger partial charge in [0.2, 0.25) is 5.88 Å². The van der Waals surface area contributed by atoms with E-state index in [0.717, 1.165) is 0 Å². The molecule has 1 heterocycles. The fourth-order valence-electron chi connectivity index (χ4n) is 0.882. The van der Waals surface area contributed by atoms with Gasteiger partial charge in [0.1, 0.15) is 0 Å². The van der Waals surface area contributed by atoms with Crippen molar-refractivity contribution in [3.05, 3.63) is 12.1 Å². The molecular weight excluding hydrogens is 170 g/mol. The standard InChI is InChI=1S/C8H13N3O2/c1-13-7-3-2-6(9)8(11-7)10-4-5-12/h2-3,12H,4-5,9H2,1H3,(H,10,11). The van der Waals surface area contributed by atoms with Gasteiger partial charge in [-0.2, -0.15) is 4.98 Å². The van der Waals surface area contributed by atoms with Crippen molar-refractivity contribution in [1.29, 1.82) is 0 Å². The summed E-state index contributed by atoms with van der Waals surface area (Å²) in [5, 5.41) is 11.5. The largest absolute Gasteiger partial charge is 0.481 e. The van der Waals surface area contributed by atoms with E-state index in [1.54, 1.807) is 12.1 Å². The molecule has 1 rings (SSSR count). The summed E-state index contributed by atoms with van der Waals surface area (Å²) in [4.78, 5) is 4.06. The van der Waals surface area contributed by atoms with Crippen molar-refractivity contribution in [1.82, 2.24) is 4.98 Å². The lowest BCUT2D eigenvalue weighted by atomic mass is 10.4. The minimum absolute atomic E-state index is 0.0400. The van der Waals surface area contributed by atoms with E-state index in [2.05, 4.69) is 10.3 Å². The minimum Gasteiger partial charge on any atom is -0.481 e. The number of aliphatic hydroxyl groups is 1. The third-order valence-corrected chi connectivity index (χ3v) is 1.51. The number of nitrogens with zero attached hydrogens (tertiary/aromatic N) is 1. The van der Waals surface area contributed by atoms with Crippen LogP contribution < -0.4 is 15.8 Å². The molecule has 0 saturated carbocycles. The second-order valence-electron chi connectivity index (χ2n) is 2.44. The second kappa shape index (κ2) is 4.51. The Hall–Kier alpha value is -1.49.